The number of benzene rings is 2. The summed E-state index contributed by atoms with van der Waals surface area (Å²) >= 11 is 0. The first-order valence-electron chi connectivity index (χ1n) is 13.4. The Morgan fingerprint density at radius 1 is 1.18 bits per heavy atom. The summed E-state index contributed by atoms with van der Waals surface area (Å²) in [7, 11) is -4.19. The van der Waals surface area contributed by atoms with Crippen LogP contribution < -0.4 is 9.46 Å². The molecule has 2 bridgehead atoms. The van der Waals surface area contributed by atoms with Crippen LogP contribution in [-0.2, 0) is 26.7 Å². The highest BCUT2D eigenvalue weighted by Crippen LogP contribution is 2.63. The number of fused-ring (bicyclic) bond motifs is 1. The topological polar surface area (TPSA) is 136 Å². The zero-order chi connectivity index (χ0) is 27.9. The van der Waals surface area contributed by atoms with Crippen molar-refractivity contribution in [3.05, 3.63) is 64.4 Å². The molecule has 4 N–H and O–H groups in total. The Morgan fingerprint density at radius 2 is 1.87 bits per heavy atom. The highest BCUT2D eigenvalue weighted by Gasteiger charge is 2.69. The van der Waals surface area contributed by atoms with Gasteiger partial charge in [-0.15, -0.1) is 0 Å². The number of aromatic hydroxyl groups is 1. The molecule has 208 valence electrons. The summed E-state index contributed by atoms with van der Waals surface area (Å²) in [5.41, 5.74) is -0.283. The summed E-state index contributed by atoms with van der Waals surface area (Å²) in [6.07, 6.45) is 2.17. The van der Waals surface area contributed by atoms with Crippen molar-refractivity contribution < 1.29 is 33.3 Å². The van der Waals surface area contributed by atoms with Crippen LogP contribution in [0.2, 0.25) is 0 Å². The number of aliphatic hydroxyl groups excluding tert-OH is 1. The fraction of sp³-hybridized carbons (Fsp3) is 0.483. The van der Waals surface area contributed by atoms with Crippen molar-refractivity contribution >= 4 is 15.9 Å². The number of rotatable bonds is 6. The second-order valence-corrected chi connectivity index (χ2v) is 13.4. The molecule has 0 radical (unpaired) electrons. The molecule has 2 aliphatic carbocycles. The normalized spacial score (nSPS) is 30.3. The first kappa shape index (κ1) is 26.2. The van der Waals surface area contributed by atoms with Crippen LogP contribution in [0.15, 0.2) is 52.6 Å². The van der Waals surface area contributed by atoms with Gasteiger partial charge in [0.15, 0.2) is 17.6 Å². The number of carbonyl (C=O) groups is 1. The number of nitrogens with zero attached hydrogens (tertiary/aromatic N) is 1. The van der Waals surface area contributed by atoms with Gasteiger partial charge in [0.25, 0.3) is 15.9 Å². The molecule has 0 unspecified atom stereocenters. The molecule has 1 spiro atoms. The maximum Gasteiger partial charge on any atom is 0.264 e. The number of nitrogens with one attached hydrogen (secondary N) is 1. The van der Waals surface area contributed by atoms with Gasteiger partial charge in [0.2, 0.25) is 0 Å². The molecule has 39 heavy (non-hydrogen) atoms. The van der Waals surface area contributed by atoms with Crippen LogP contribution in [0.4, 0.5) is 0 Å². The van der Waals surface area contributed by atoms with Gasteiger partial charge in [-0.25, -0.2) is 13.1 Å². The third-order valence-corrected chi connectivity index (χ3v) is 10.6. The Labute approximate surface area is 228 Å². The molecule has 1 saturated heterocycles. The van der Waals surface area contributed by atoms with Gasteiger partial charge in [-0.3, -0.25) is 9.69 Å². The van der Waals surface area contributed by atoms with E-state index >= 15 is 0 Å². The molecule has 2 aromatic rings. The van der Waals surface area contributed by atoms with E-state index in [0.29, 0.717) is 30.9 Å². The molecule has 4 aliphatic rings. The second-order valence-electron chi connectivity index (χ2n) is 11.7. The van der Waals surface area contributed by atoms with Gasteiger partial charge in [-0.1, -0.05) is 23.8 Å². The zero-order valence-corrected chi connectivity index (χ0v) is 23.1. The van der Waals surface area contributed by atoms with Crippen molar-refractivity contribution in [2.24, 2.45) is 5.92 Å². The number of sulfonamides is 1. The van der Waals surface area contributed by atoms with Crippen molar-refractivity contribution in [2.45, 2.75) is 74.5 Å². The lowest BCUT2D eigenvalue weighted by Crippen LogP contribution is -2.73. The molecule has 4 atom stereocenters. The molecule has 2 heterocycles. The maximum atomic E-state index is 13.1. The van der Waals surface area contributed by atoms with Crippen LogP contribution in [0.3, 0.4) is 0 Å². The Kier molecular flexibility index (Phi) is 5.84. The van der Waals surface area contributed by atoms with Crippen LogP contribution in [0.1, 0.15) is 49.8 Å². The predicted octanol–water partition coefficient (Wildman–Crippen LogP) is 2.83. The van der Waals surface area contributed by atoms with Crippen molar-refractivity contribution in [3.8, 4) is 11.5 Å². The van der Waals surface area contributed by atoms with E-state index in [4.69, 9.17) is 4.74 Å². The van der Waals surface area contributed by atoms with Crippen LogP contribution in [0.25, 0.3) is 0 Å². The number of amides is 1. The average molecular weight is 555 g/mol. The van der Waals surface area contributed by atoms with Gasteiger partial charge in [0, 0.05) is 18.2 Å². The van der Waals surface area contributed by atoms with Crippen molar-refractivity contribution in [1.29, 1.82) is 0 Å². The minimum atomic E-state index is -4.19. The Hall–Kier alpha value is -3.08. The van der Waals surface area contributed by atoms with Gasteiger partial charge >= 0.3 is 0 Å². The van der Waals surface area contributed by atoms with Gasteiger partial charge in [-0.2, -0.15) is 0 Å². The molecule has 2 aliphatic heterocycles. The van der Waals surface area contributed by atoms with Crippen molar-refractivity contribution in [3.63, 3.8) is 0 Å². The summed E-state index contributed by atoms with van der Waals surface area (Å²) in [4.78, 5) is 15.4. The number of ether oxygens (including phenoxy) is 1. The number of piperidine rings is 1. The lowest BCUT2D eigenvalue weighted by Gasteiger charge is -2.59. The Morgan fingerprint density at radius 3 is 2.54 bits per heavy atom. The summed E-state index contributed by atoms with van der Waals surface area (Å²) in [6.45, 7) is 6.45. The molecule has 10 heteroatoms. The van der Waals surface area contributed by atoms with E-state index in [9.17, 15) is 28.5 Å². The first-order chi connectivity index (χ1) is 18.4. The van der Waals surface area contributed by atoms with E-state index in [1.165, 1.54) is 31.9 Å². The number of hydrogen-bond donors (Lipinski definition) is 4. The number of aliphatic hydroxyl groups is 2. The van der Waals surface area contributed by atoms with Crippen LogP contribution in [0.5, 0.6) is 11.5 Å². The molecule has 9 nitrogen and oxygen atoms in total. The highest BCUT2D eigenvalue weighted by atomic mass is 32.2. The Balaban J connectivity index is 1.39. The summed E-state index contributed by atoms with van der Waals surface area (Å²) < 4.78 is 33.9. The van der Waals surface area contributed by atoms with E-state index in [1.807, 2.05) is 17.7 Å². The highest BCUT2D eigenvalue weighted by molar-refractivity contribution is 7.90. The number of likely N-dealkylation sites (tertiary alicyclic amines) is 1. The molecule has 1 saturated carbocycles. The zero-order valence-electron chi connectivity index (χ0n) is 22.3. The summed E-state index contributed by atoms with van der Waals surface area (Å²) in [6, 6.07) is 9.21. The fourth-order valence-electron chi connectivity index (χ4n) is 6.86. The largest absolute Gasteiger partial charge is 0.508 e. The summed E-state index contributed by atoms with van der Waals surface area (Å²) in [5, 5.41) is 34.5. The van der Waals surface area contributed by atoms with Gasteiger partial charge in [0.05, 0.1) is 21.5 Å². The van der Waals surface area contributed by atoms with E-state index in [2.05, 4.69) is 4.90 Å². The van der Waals surface area contributed by atoms with Crippen LogP contribution in [0, 0.1) is 12.8 Å². The van der Waals surface area contributed by atoms with Gasteiger partial charge in [0.1, 0.15) is 5.76 Å². The monoisotopic (exact) mass is 554 g/mol. The number of phenols is 1. The second kappa shape index (κ2) is 8.71. The molecule has 1 amide bonds. The number of hydrogen-bond acceptors (Lipinski definition) is 8. The fourth-order valence-corrected chi connectivity index (χ4v) is 7.87. The molecule has 2 aromatic carbocycles. The minimum Gasteiger partial charge on any atom is -0.508 e. The van der Waals surface area contributed by atoms with Crippen molar-refractivity contribution in [2.75, 3.05) is 13.1 Å². The lowest BCUT2D eigenvalue weighted by molar-refractivity contribution is -0.153. The molecule has 6 rings (SSSR count). The quantitative estimate of drug-likeness (QED) is 0.316. The number of aryl methyl sites for hydroxylation is 1. The average Bonchev–Trinajstić information content (AvgIpc) is 3.62. The minimum absolute atomic E-state index is 0.0764. The molecular formula is C29H34N2O7S. The van der Waals surface area contributed by atoms with Gasteiger partial charge in [-0.05, 0) is 82.7 Å². The smallest absolute Gasteiger partial charge is 0.264 e. The lowest BCUT2D eigenvalue weighted by atomic mass is 9.53. The molecule has 0 aromatic heterocycles. The molecule has 2 fully saturated rings. The SMILES string of the molecule is C/C(C(=O)NS(=O)(=O)c1ccc(C)cc1)=C(/O)[C@@H]1Oc2c(O)ccc3c2[C@@]12CCN(CC1CC1)[C@H](C3)[C@@]2(C)O. The Bertz CT molecular complexity index is 1490. The van der Waals surface area contributed by atoms with Crippen LogP contribution >= 0.6 is 0 Å². The third-order valence-electron chi connectivity index (χ3n) is 9.27. The predicted molar refractivity (Wildman–Crippen MR) is 143 cm³/mol. The van der Waals surface area contributed by atoms with E-state index in [-0.39, 0.29) is 28.0 Å². The molecular weight excluding hydrogens is 520 g/mol. The number of phenolic OH excluding ortho intramolecular Hbond substituents is 1. The number of carbonyl (C=O) groups excluding carboxylic acids is 1. The van der Waals surface area contributed by atoms with Gasteiger partial charge < -0.3 is 20.1 Å². The van der Waals surface area contributed by atoms with E-state index in [1.54, 1.807) is 25.1 Å². The standard InChI is InChI=1S/C29H34N2O7S/c1-16-4-9-20(10-5-16)39(36,37)30-27(34)17(2)24(33)26-29-12-13-31(15-18-6-7-18)22(28(29,3)35)14-19-8-11-21(32)25(38-26)23(19)29/h4-5,8-11,18,22,26,32-33,35H,6-7,12-15H2,1-3H3,(H,30,34)/b24-17-/t22-,26+,28-,29+/m1/s1. The van der Waals surface area contributed by atoms with Crippen molar-refractivity contribution in [1.82, 2.24) is 9.62 Å². The third kappa shape index (κ3) is 3.87. The summed E-state index contributed by atoms with van der Waals surface area (Å²) in [5.74, 6) is -0.755. The maximum absolute atomic E-state index is 13.1. The first-order valence-corrected chi connectivity index (χ1v) is 14.9. The van der Waals surface area contributed by atoms with E-state index in [0.717, 1.165) is 17.7 Å². The van der Waals surface area contributed by atoms with E-state index < -0.39 is 38.8 Å². The van der Waals surface area contributed by atoms with Crippen LogP contribution in [-0.4, -0.2) is 65.4 Å².